The van der Waals surface area contributed by atoms with Crippen LogP contribution in [-0.2, 0) is 6.54 Å². The zero-order valence-electron chi connectivity index (χ0n) is 8.53. The molecule has 1 aromatic heterocycles. The lowest BCUT2D eigenvalue weighted by Gasteiger charge is -2.44. The average Bonchev–Trinajstić information content (AvgIpc) is 2.18. The molecule has 1 aromatic rings. The van der Waals surface area contributed by atoms with Gasteiger partial charge >= 0.3 is 0 Å². The van der Waals surface area contributed by atoms with E-state index in [4.69, 9.17) is 0 Å². The van der Waals surface area contributed by atoms with Crippen molar-refractivity contribution in [3.8, 4) is 0 Å². The molecule has 0 spiro atoms. The van der Waals surface area contributed by atoms with Crippen LogP contribution in [0.1, 0.15) is 19.5 Å². The van der Waals surface area contributed by atoms with Gasteiger partial charge in [0.15, 0.2) is 0 Å². The first-order valence-electron chi connectivity index (χ1n) is 4.81. The molecule has 0 aromatic carbocycles. The van der Waals surface area contributed by atoms with Gasteiger partial charge in [0.2, 0.25) is 0 Å². The third-order valence-electron chi connectivity index (χ3n) is 2.61. The molecule has 0 aliphatic carbocycles. The van der Waals surface area contributed by atoms with E-state index >= 15 is 0 Å². The van der Waals surface area contributed by atoms with Crippen LogP contribution >= 0.6 is 11.8 Å². The maximum atomic E-state index is 4.23. The number of hydrogen-bond acceptors (Lipinski definition) is 4. The van der Waals surface area contributed by atoms with Gasteiger partial charge in [0, 0.05) is 41.7 Å². The highest BCUT2D eigenvalue weighted by atomic mass is 32.2. The van der Waals surface area contributed by atoms with Gasteiger partial charge in [-0.1, -0.05) is 0 Å². The number of nitrogens with one attached hydrogen (secondary N) is 1. The molecule has 1 aliphatic rings. The summed E-state index contributed by atoms with van der Waals surface area (Å²) >= 11 is 2.01. The molecule has 3 nitrogen and oxygen atoms in total. The molecule has 2 heterocycles. The molecule has 4 heteroatoms. The van der Waals surface area contributed by atoms with Crippen LogP contribution in [0.2, 0.25) is 0 Å². The Hall–Kier alpha value is -0.610. The molecular weight excluding hydrogens is 194 g/mol. The third-order valence-corrected chi connectivity index (χ3v) is 4.14. The predicted molar refractivity (Wildman–Crippen MR) is 59.2 cm³/mol. The molecule has 1 unspecified atom stereocenters. The Morgan fingerprint density at radius 2 is 2.43 bits per heavy atom. The van der Waals surface area contributed by atoms with Crippen molar-refractivity contribution in [1.82, 2.24) is 15.3 Å². The van der Waals surface area contributed by atoms with E-state index in [1.165, 1.54) is 5.75 Å². The van der Waals surface area contributed by atoms with Gasteiger partial charge in [-0.05, 0) is 13.8 Å². The van der Waals surface area contributed by atoms with Crippen LogP contribution < -0.4 is 5.32 Å². The zero-order chi connectivity index (χ0) is 10.0. The van der Waals surface area contributed by atoms with E-state index in [-0.39, 0.29) is 0 Å². The fraction of sp³-hybridized carbons (Fsp3) is 0.600. The van der Waals surface area contributed by atoms with Crippen molar-refractivity contribution in [2.45, 2.75) is 31.2 Å². The van der Waals surface area contributed by atoms with Crippen LogP contribution in [0, 0.1) is 0 Å². The summed E-state index contributed by atoms with van der Waals surface area (Å²) in [6.45, 7) is 5.37. The largest absolute Gasteiger partial charge is 0.306 e. The molecule has 1 saturated heterocycles. The summed E-state index contributed by atoms with van der Waals surface area (Å²) in [6.07, 6.45) is 5.25. The van der Waals surface area contributed by atoms with Gasteiger partial charge in [-0.25, -0.2) is 0 Å². The molecule has 76 valence electrons. The van der Waals surface area contributed by atoms with E-state index < -0.39 is 0 Å². The summed E-state index contributed by atoms with van der Waals surface area (Å²) in [6, 6.07) is 0.606. The third kappa shape index (κ3) is 2.07. The SMILES string of the molecule is CC1(C)SCC1NCc1cnccn1. The standard InChI is InChI=1S/C10H15N3S/c1-10(2)9(7-14-10)13-6-8-5-11-3-4-12-8/h3-5,9,13H,6-7H2,1-2H3. The summed E-state index contributed by atoms with van der Waals surface area (Å²) in [5.74, 6) is 1.20. The van der Waals surface area contributed by atoms with Crippen molar-refractivity contribution < 1.29 is 0 Å². The summed E-state index contributed by atoms with van der Waals surface area (Å²) in [5.41, 5.74) is 1.01. The molecule has 1 N–H and O–H groups in total. The topological polar surface area (TPSA) is 37.8 Å². The number of thioether (sulfide) groups is 1. The van der Waals surface area contributed by atoms with Crippen molar-refractivity contribution in [3.05, 3.63) is 24.3 Å². The fourth-order valence-corrected chi connectivity index (χ4v) is 2.65. The van der Waals surface area contributed by atoms with E-state index in [9.17, 15) is 0 Å². The first-order chi connectivity index (χ1) is 6.68. The lowest BCUT2D eigenvalue weighted by molar-refractivity contribution is 0.433. The van der Waals surface area contributed by atoms with E-state index in [1.807, 2.05) is 18.0 Å². The van der Waals surface area contributed by atoms with Gasteiger partial charge in [-0.15, -0.1) is 0 Å². The molecular formula is C10H15N3S. The van der Waals surface area contributed by atoms with Gasteiger partial charge in [-0.3, -0.25) is 9.97 Å². The summed E-state index contributed by atoms with van der Waals surface area (Å²) in [4.78, 5) is 8.26. The minimum atomic E-state index is 0.377. The number of rotatable bonds is 3. The van der Waals surface area contributed by atoms with Gasteiger partial charge in [0.25, 0.3) is 0 Å². The van der Waals surface area contributed by atoms with Crippen LogP contribution in [0.15, 0.2) is 18.6 Å². The van der Waals surface area contributed by atoms with Crippen LogP contribution in [0.25, 0.3) is 0 Å². The maximum absolute atomic E-state index is 4.23. The van der Waals surface area contributed by atoms with E-state index in [0.717, 1.165) is 12.2 Å². The van der Waals surface area contributed by atoms with Crippen molar-refractivity contribution >= 4 is 11.8 Å². The Morgan fingerprint density at radius 1 is 1.57 bits per heavy atom. The monoisotopic (exact) mass is 209 g/mol. The van der Waals surface area contributed by atoms with Gasteiger partial charge in [0.1, 0.15) is 0 Å². The lowest BCUT2D eigenvalue weighted by Crippen LogP contribution is -2.54. The highest BCUT2D eigenvalue weighted by molar-refractivity contribution is 8.02. The van der Waals surface area contributed by atoms with Crippen molar-refractivity contribution in [2.24, 2.45) is 0 Å². The Kier molecular flexibility index (Phi) is 2.74. The van der Waals surface area contributed by atoms with E-state index in [0.29, 0.717) is 10.8 Å². The molecule has 0 saturated carbocycles. The Balaban J connectivity index is 1.84. The van der Waals surface area contributed by atoms with Crippen molar-refractivity contribution in [3.63, 3.8) is 0 Å². The highest BCUT2D eigenvalue weighted by Crippen LogP contribution is 2.39. The maximum Gasteiger partial charge on any atom is 0.0724 e. The van der Waals surface area contributed by atoms with E-state index in [2.05, 4.69) is 29.1 Å². The van der Waals surface area contributed by atoms with Crippen LogP contribution in [-0.4, -0.2) is 26.5 Å². The molecule has 0 radical (unpaired) electrons. The van der Waals surface area contributed by atoms with Gasteiger partial charge in [0.05, 0.1) is 5.69 Å². The highest BCUT2D eigenvalue weighted by Gasteiger charge is 2.38. The second-order valence-electron chi connectivity index (χ2n) is 4.04. The Labute approximate surface area is 88.7 Å². The lowest BCUT2D eigenvalue weighted by atomic mass is 10.0. The average molecular weight is 209 g/mol. The zero-order valence-corrected chi connectivity index (χ0v) is 9.34. The molecule has 1 atom stereocenters. The minimum absolute atomic E-state index is 0.377. The quantitative estimate of drug-likeness (QED) is 0.818. The van der Waals surface area contributed by atoms with Crippen LogP contribution in [0.5, 0.6) is 0 Å². The van der Waals surface area contributed by atoms with Crippen LogP contribution in [0.4, 0.5) is 0 Å². The number of aromatic nitrogens is 2. The molecule has 1 aliphatic heterocycles. The molecule has 0 amide bonds. The second kappa shape index (κ2) is 3.87. The number of nitrogens with zero attached hydrogens (tertiary/aromatic N) is 2. The van der Waals surface area contributed by atoms with E-state index in [1.54, 1.807) is 12.4 Å². The first-order valence-corrected chi connectivity index (χ1v) is 5.79. The first kappa shape index (κ1) is 9.93. The Bertz CT molecular complexity index is 299. The Morgan fingerprint density at radius 3 is 2.93 bits per heavy atom. The fourth-order valence-electron chi connectivity index (χ4n) is 1.45. The van der Waals surface area contributed by atoms with Gasteiger partial charge < -0.3 is 5.32 Å². The predicted octanol–water partition coefficient (Wildman–Crippen LogP) is 1.46. The second-order valence-corrected chi connectivity index (χ2v) is 5.72. The number of hydrogen-bond donors (Lipinski definition) is 1. The van der Waals surface area contributed by atoms with Crippen molar-refractivity contribution in [1.29, 1.82) is 0 Å². The molecule has 1 fully saturated rings. The summed E-state index contributed by atoms with van der Waals surface area (Å²) < 4.78 is 0.377. The normalized spacial score (nSPS) is 24.3. The van der Waals surface area contributed by atoms with Gasteiger partial charge in [-0.2, -0.15) is 11.8 Å². The molecule has 2 rings (SSSR count). The smallest absolute Gasteiger partial charge is 0.0724 e. The molecule has 14 heavy (non-hydrogen) atoms. The van der Waals surface area contributed by atoms with Crippen LogP contribution in [0.3, 0.4) is 0 Å². The minimum Gasteiger partial charge on any atom is -0.306 e. The van der Waals surface area contributed by atoms with Crippen molar-refractivity contribution in [2.75, 3.05) is 5.75 Å². The molecule has 0 bridgehead atoms. The summed E-state index contributed by atoms with van der Waals surface area (Å²) in [7, 11) is 0. The summed E-state index contributed by atoms with van der Waals surface area (Å²) in [5, 5.41) is 3.50.